The third-order valence-electron chi connectivity index (χ3n) is 1.36. The fourth-order valence-electron chi connectivity index (χ4n) is 0.751. The van der Waals surface area contributed by atoms with Crippen LogP contribution in [-0.2, 0) is 9.63 Å². The monoisotopic (exact) mass is 195 g/mol. The Hall–Kier alpha value is -2.04. The van der Waals surface area contributed by atoms with Crippen LogP contribution in [0.5, 0.6) is 5.75 Å². The van der Waals surface area contributed by atoms with Gasteiger partial charge in [0, 0.05) is 0 Å². The second kappa shape index (κ2) is 4.86. The molecule has 0 heterocycles. The number of hydrogen-bond donors (Lipinski definition) is 2. The van der Waals surface area contributed by atoms with Gasteiger partial charge in [0.1, 0.15) is 5.75 Å². The van der Waals surface area contributed by atoms with Crippen LogP contribution in [-0.4, -0.2) is 29.0 Å². The lowest BCUT2D eigenvalue weighted by molar-refractivity contribution is -0.142. The van der Waals surface area contributed by atoms with Gasteiger partial charge in [-0.3, -0.25) is 0 Å². The number of carboxylic acids is 1. The van der Waals surface area contributed by atoms with Crippen LogP contribution in [0.4, 0.5) is 0 Å². The van der Waals surface area contributed by atoms with Crippen LogP contribution in [0.2, 0.25) is 0 Å². The van der Waals surface area contributed by atoms with Crippen LogP contribution < -0.4 is 0 Å². The van der Waals surface area contributed by atoms with Crippen LogP contribution >= 0.6 is 0 Å². The smallest absolute Gasteiger partial charge is 0.344 e. The Morgan fingerprint density at radius 1 is 1.43 bits per heavy atom. The molecule has 0 amide bonds. The van der Waals surface area contributed by atoms with Crippen molar-refractivity contribution in [2.75, 3.05) is 6.61 Å². The molecule has 0 aliphatic carbocycles. The zero-order chi connectivity index (χ0) is 10.4. The second-order valence-corrected chi connectivity index (χ2v) is 2.49. The number of hydrogen-bond acceptors (Lipinski definition) is 4. The maximum atomic E-state index is 10.0. The van der Waals surface area contributed by atoms with Gasteiger partial charge in [0.05, 0.1) is 6.21 Å². The Labute approximate surface area is 80.2 Å². The maximum Gasteiger partial charge on any atom is 0.344 e. The molecule has 0 atom stereocenters. The number of benzene rings is 1. The van der Waals surface area contributed by atoms with Crippen molar-refractivity contribution in [2.24, 2.45) is 5.16 Å². The normalized spacial score (nSPS) is 10.3. The number of phenols is 1. The van der Waals surface area contributed by atoms with Crippen molar-refractivity contribution in [3.8, 4) is 5.75 Å². The van der Waals surface area contributed by atoms with Gasteiger partial charge in [-0.1, -0.05) is 5.16 Å². The number of rotatable bonds is 4. The van der Waals surface area contributed by atoms with Gasteiger partial charge in [0.2, 0.25) is 6.61 Å². The predicted molar refractivity (Wildman–Crippen MR) is 49.3 cm³/mol. The summed E-state index contributed by atoms with van der Waals surface area (Å²) in [5.41, 5.74) is 0.716. The summed E-state index contributed by atoms with van der Waals surface area (Å²) in [5.74, 6) is -0.915. The molecule has 0 unspecified atom stereocenters. The van der Waals surface area contributed by atoms with Crippen molar-refractivity contribution in [1.29, 1.82) is 0 Å². The number of phenolic OH excluding ortho intramolecular Hbond substituents is 1. The summed E-state index contributed by atoms with van der Waals surface area (Å²) < 4.78 is 0. The molecule has 2 N–H and O–H groups in total. The number of carbonyl (C=O) groups is 1. The summed E-state index contributed by atoms with van der Waals surface area (Å²) >= 11 is 0. The fourth-order valence-corrected chi connectivity index (χ4v) is 0.751. The molecule has 0 aromatic heterocycles. The van der Waals surface area contributed by atoms with Crippen molar-refractivity contribution in [3.05, 3.63) is 29.8 Å². The lowest BCUT2D eigenvalue weighted by atomic mass is 10.2. The van der Waals surface area contributed by atoms with Crippen molar-refractivity contribution < 1.29 is 19.8 Å². The molecule has 1 rings (SSSR count). The van der Waals surface area contributed by atoms with E-state index in [0.29, 0.717) is 5.56 Å². The Kier molecular flexibility index (Phi) is 3.49. The van der Waals surface area contributed by atoms with E-state index in [1.807, 2.05) is 0 Å². The lowest BCUT2D eigenvalue weighted by Crippen LogP contribution is -2.03. The largest absolute Gasteiger partial charge is 0.508 e. The van der Waals surface area contributed by atoms with Crippen LogP contribution in [0.1, 0.15) is 5.56 Å². The molecule has 14 heavy (non-hydrogen) atoms. The molecule has 0 aliphatic rings. The summed E-state index contributed by atoms with van der Waals surface area (Å²) in [6, 6.07) is 6.25. The highest BCUT2D eigenvalue weighted by Gasteiger charge is 1.93. The lowest BCUT2D eigenvalue weighted by Gasteiger charge is -1.94. The molecule has 5 heteroatoms. The van der Waals surface area contributed by atoms with Crippen molar-refractivity contribution >= 4 is 12.2 Å². The summed E-state index contributed by atoms with van der Waals surface area (Å²) in [6.07, 6.45) is 1.36. The Morgan fingerprint density at radius 2 is 2.07 bits per heavy atom. The minimum absolute atomic E-state index is 0.161. The van der Waals surface area contributed by atoms with E-state index in [4.69, 9.17) is 10.2 Å². The van der Waals surface area contributed by atoms with Gasteiger partial charge in [-0.05, 0) is 29.8 Å². The third kappa shape index (κ3) is 3.57. The molecular weight excluding hydrogens is 186 g/mol. The average molecular weight is 195 g/mol. The minimum Gasteiger partial charge on any atom is -0.508 e. The predicted octanol–water partition coefficient (Wildman–Crippen LogP) is 0.827. The summed E-state index contributed by atoms with van der Waals surface area (Å²) in [6.45, 7) is -0.464. The summed E-state index contributed by atoms with van der Waals surface area (Å²) in [4.78, 5) is 14.5. The maximum absolute atomic E-state index is 10.0. The molecule has 0 bridgehead atoms. The van der Waals surface area contributed by atoms with E-state index < -0.39 is 12.6 Å². The molecule has 0 saturated heterocycles. The molecule has 0 spiro atoms. The molecule has 1 aromatic rings. The first-order valence-corrected chi connectivity index (χ1v) is 3.84. The Balaban J connectivity index is 2.44. The van der Waals surface area contributed by atoms with E-state index in [2.05, 4.69) is 9.99 Å². The highest BCUT2D eigenvalue weighted by molar-refractivity contribution is 5.79. The number of oxime groups is 1. The third-order valence-corrected chi connectivity index (χ3v) is 1.36. The van der Waals surface area contributed by atoms with Crippen molar-refractivity contribution in [1.82, 2.24) is 0 Å². The SMILES string of the molecule is O=C(O)CO/N=C/c1ccc(O)cc1. The van der Waals surface area contributed by atoms with Gasteiger partial charge in [-0.2, -0.15) is 0 Å². The molecule has 0 radical (unpaired) electrons. The van der Waals surface area contributed by atoms with E-state index in [-0.39, 0.29) is 5.75 Å². The van der Waals surface area contributed by atoms with Crippen LogP contribution in [0.25, 0.3) is 0 Å². The summed E-state index contributed by atoms with van der Waals surface area (Å²) in [7, 11) is 0. The number of aromatic hydroxyl groups is 1. The van der Waals surface area contributed by atoms with Gasteiger partial charge in [0.15, 0.2) is 0 Å². The highest BCUT2D eigenvalue weighted by Crippen LogP contribution is 2.07. The first kappa shape index (κ1) is 10.0. The van der Waals surface area contributed by atoms with Crippen LogP contribution in [0.15, 0.2) is 29.4 Å². The number of aliphatic carboxylic acids is 1. The molecular formula is C9H9NO4. The molecule has 1 aromatic carbocycles. The van der Waals surface area contributed by atoms with Gasteiger partial charge < -0.3 is 15.1 Å². The molecule has 5 nitrogen and oxygen atoms in total. The zero-order valence-corrected chi connectivity index (χ0v) is 7.25. The van der Waals surface area contributed by atoms with Crippen LogP contribution in [0.3, 0.4) is 0 Å². The van der Waals surface area contributed by atoms with Gasteiger partial charge in [0.25, 0.3) is 0 Å². The standard InChI is InChI=1S/C9H9NO4/c11-8-3-1-7(2-4-8)5-10-14-6-9(12)13/h1-5,11H,6H2,(H,12,13)/b10-5+. The molecule has 0 fully saturated rings. The second-order valence-electron chi connectivity index (χ2n) is 2.49. The molecule has 0 saturated carbocycles. The quantitative estimate of drug-likeness (QED) is 0.550. The van der Waals surface area contributed by atoms with E-state index in [1.54, 1.807) is 12.1 Å². The van der Waals surface area contributed by atoms with Gasteiger partial charge >= 0.3 is 5.97 Å². The van der Waals surface area contributed by atoms with Crippen molar-refractivity contribution in [3.63, 3.8) is 0 Å². The molecule has 74 valence electrons. The fraction of sp³-hybridized carbons (Fsp3) is 0.111. The van der Waals surface area contributed by atoms with Crippen molar-refractivity contribution in [2.45, 2.75) is 0 Å². The van der Waals surface area contributed by atoms with Crippen LogP contribution in [0, 0.1) is 0 Å². The Morgan fingerprint density at radius 3 is 2.64 bits per heavy atom. The average Bonchev–Trinajstić information content (AvgIpc) is 2.15. The number of nitrogens with zero attached hydrogens (tertiary/aromatic N) is 1. The van der Waals surface area contributed by atoms with E-state index >= 15 is 0 Å². The minimum atomic E-state index is -1.08. The number of carboxylic acid groups (broad SMARTS) is 1. The zero-order valence-electron chi connectivity index (χ0n) is 7.25. The highest BCUT2D eigenvalue weighted by atomic mass is 16.6. The molecule has 0 aliphatic heterocycles. The van der Waals surface area contributed by atoms with Gasteiger partial charge in [-0.15, -0.1) is 0 Å². The van der Waals surface area contributed by atoms with Gasteiger partial charge in [-0.25, -0.2) is 4.79 Å². The van der Waals surface area contributed by atoms with E-state index in [9.17, 15) is 4.79 Å². The summed E-state index contributed by atoms with van der Waals surface area (Å²) in [5, 5.41) is 20.6. The first-order chi connectivity index (χ1) is 6.68. The van der Waals surface area contributed by atoms with E-state index in [0.717, 1.165) is 0 Å². The Bertz CT molecular complexity index is 331. The topological polar surface area (TPSA) is 79.1 Å². The van der Waals surface area contributed by atoms with E-state index in [1.165, 1.54) is 18.3 Å². The first-order valence-electron chi connectivity index (χ1n) is 3.84.